The Morgan fingerprint density at radius 3 is 1.45 bits per heavy atom. The van der Waals surface area contributed by atoms with Crippen LogP contribution in [0.4, 0.5) is 0 Å². The molecule has 1 amide bonds. The molecular weight excluding hydrogens is 659 g/mol. The van der Waals surface area contributed by atoms with Crippen LogP contribution in [0.3, 0.4) is 0 Å². The largest absolute Gasteiger partial charge is 0.462 e. The highest BCUT2D eigenvalue weighted by atomic mass is 16.5. The second-order valence-electron chi connectivity index (χ2n) is 15.1. The van der Waals surface area contributed by atoms with E-state index in [9.17, 15) is 19.8 Å². The molecule has 0 aromatic carbocycles. The van der Waals surface area contributed by atoms with E-state index in [0.717, 1.165) is 64.2 Å². The molecule has 0 aromatic rings. The van der Waals surface area contributed by atoms with Gasteiger partial charge in [0, 0.05) is 6.42 Å². The highest BCUT2D eigenvalue weighted by molar-refractivity contribution is 5.77. The first kappa shape index (κ1) is 50.8. The fourth-order valence-electron chi connectivity index (χ4n) is 6.48. The van der Waals surface area contributed by atoms with Crippen molar-refractivity contribution in [1.29, 1.82) is 0 Å². The zero-order chi connectivity index (χ0) is 38.9. The van der Waals surface area contributed by atoms with Crippen molar-refractivity contribution in [3.63, 3.8) is 0 Å². The third kappa shape index (κ3) is 36.6. The van der Waals surface area contributed by atoms with Crippen LogP contribution in [0.15, 0.2) is 48.6 Å². The van der Waals surface area contributed by atoms with Crippen molar-refractivity contribution in [2.75, 3.05) is 6.61 Å². The number of allylic oxidation sites excluding steroid dienone is 8. The smallest absolute Gasteiger partial charge is 0.306 e. The van der Waals surface area contributed by atoms with Crippen molar-refractivity contribution in [3.8, 4) is 0 Å². The molecule has 0 aliphatic heterocycles. The molecule has 3 N–H and O–H groups in total. The van der Waals surface area contributed by atoms with Gasteiger partial charge in [-0.2, -0.15) is 0 Å². The number of hydrogen-bond acceptors (Lipinski definition) is 5. The van der Waals surface area contributed by atoms with Crippen LogP contribution in [0, 0.1) is 0 Å². The molecule has 0 saturated heterocycles. The number of nitrogens with one attached hydrogen (secondary N) is 1. The zero-order valence-electron chi connectivity index (χ0n) is 34.9. The summed E-state index contributed by atoms with van der Waals surface area (Å²) in [7, 11) is 0. The molecular formula is C47H85NO5. The van der Waals surface area contributed by atoms with Crippen LogP contribution in [-0.4, -0.2) is 46.9 Å². The van der Waals surface area contributed by atoms with Crippen LogP contribution in [0.2, 0.25) is 0 Å². The molecule has 0 aliphatic rings. The minimum Gasteiger partial charge on any atom is -0.462 e. The summed E-state index contributed by atoms with van der Waals surface area (Å²) in [5.74, 6) is -0.545. The monoisotopic (exact) mass is 744 g/mol. The summed E-state index contributed by atoms with van der Waals surface area (Å²) in [6.45, 7) is 6.38. The maximum Gasteiger partial charge on any atom is 0.306 e. The average molecular weight is 744 g/mol. The van der Waals surface area contributed by atoms with Crippen molar-refractivity contribution < 1.29 is 24.5 Å². The summed E-state index contributed by atoms with van der Waals surface area (Å²) in [6, 6.07) is -0.707. The fourth-order valence-corrected chi connectivity index (χ4v) is 6.48. The Bertz CT molecular complexity index is 926. The maximum atomic E-state index is 13.0. The first-order valence-corrected chi connectivity index (χ1v) is 22.4. The van der Waals surface area contributed by atoms with Crippen molar-refractivity contribution in [1.82, 2.24) is 5.32 Å². The van der Waals surface area contributed by atoms with Crippen LogP contribution in [0.25, 0.3) is 0 Å². The molecule has 0 spiro atoms. The van der Waals surface area contributed by atoms with Gasteiger partial charge in [-0.15, -0.1) is 0 Å². The average Bonchev–Trinajstić information content (AvgIpc) is 3.15. The lowest BCUT2D eigenvalue weighted by Gasteiger charge is -2.24. The summed E-state index contributed by atoms with van der Waals surface area (Å²) < 4.78 is 5.85. The van der Waals surface area contributed by atoms with Crippen LogP contribution in [0.5, 0.6) is 0 Å². The summed E-state index contributed by atoms with van der Waals surface area (Å²) in [5.41, 5.74) is 0. The van der Waals surface area contributed by atoms with Gasteiger partial charge in [0.15, 0.2) is 0 Å². The molecule has 0 rings (SSSR count). The Morgan fingerprint density at radius 2 is 0.962 bits per heavy atom. The van der Waals surface area contributed by atoms with Crippen LogP contribution in [0.1, 0.15) is 213 Å². The minimum absolute atomic E-state index is 0.0562. The molecule has 53 heavy (non-hydrogen) atoms. The molecule has 0 fully saturated rings. The van der Waals surface area contributed by atoms with Crippen LogP contribution < -0.4 is 5.32 Å². The topological polar surface area (TPSA) is 95.9 Å². The second kappa shape index (κ2) is 41.0. The first-order chi connectivity index (χ1) is 26.0. The highest BCUT2D eigenvalue weighted by Crippen LogP contribution is 2.17. The van der Waals surface area contributed by atoms with E-state index >= 15 is 0 Å². The quantitative estimate of drug-likeness (QED) is 0.0331. The third-order valence-corrected chi connectivity index (χ3v) is 9.91. The van der Waals surface area contributed by atoms with Gasteiger partial charge in [0.25, 0.3) is 0 Å². The van der Waals surface area contributed by atoms with Crippen molar-refractivity contribution >= 4 is 11.9 Å². The molecule has 6 heteroatoms. The van der Waals surface area contributed by atoms with Gasteiger partial charge in [0.2, 0.25) is 5.91 Å². The van der Waals surface area contributed by atoms with E-state index < -0.39 is 18.2 Å². The number of carbonyl (C=O) groups excluding carboxylic acids is 2. The molecule has 0 radical (unpaired) electrons. The number of aliphatic hydroxyl groups excluding tert-OH is 2. The van der Waals surface area contributed by atoms with Crippen molar-refractivity contribution in [2.45, 2.75) is 232 Å². The Labute approximate surface area is 327 Å². The molecule has 3 unspecified atom stereocenters. The lowest BCUT2D eigenvalue weighted by molar-refractivity contribution is -0.151. The van der Waals surface area contributed by atoms with Gasteiger partial charge in [-0.3, -0.25) is 9.59 Å². The van der Waals surface area contributed by atoms with Gasteiger partial charge < -0.3 is 20.3 Å². The molecule has 6 nitrogen and oxygen atoms in total. The molecule has 0 aliphatic carbocycles. The third-order valence-electron chi connectivity index (χ3n) is 9.91. The van der Waals surface area contributed by atoms with Gasteiger partial charge in [-0.1, -0.05) is 185 Å². The van der Waals surface area contributed by atoms with Crippen LogP contribution in [-0.2, 0) is 14.3 Å². The lowest BCUT2D eigenvalue weighted by atomic mass is 10.0. The van der Waals surface area contributed by atoms with Crippen LogP contribution >= 0.6 is 0 Å². The second-order valence-corrected chi connectivity index (χ2v) is 15.1. The van der Waals surface area contributed by atoms with Gasteiger partial charge >= 0.3 is 5.97 Å². The summed E-state index contributed by atoms with van der Waals surface area (Å²) in [4.78, 5) is 25.8. The molecule has 3 atom stereocenters. The number of ether oxygens (including phenoxy) is 1. The van der Waals surface area contributed by atoms with E-state index in [1.54, 1.807) is 0 Å². The van der Waals surface area contributed by atoms with E-state index in [1.807, 2.05) is 0 Å². The lowest BCUT2D eigenvalue weighted by Crippen LogP contribution is -2.46. The number of rotatable bonds is 39. The highest BCUT2D eigenvalue weighted by Gasteiger charge is 2.24. The number of carbonyl (C=O) groups is 2. The number of unbranched alkanes of at least 4 members (excludes halogenated alkanes) is 19. The normalized spacial score (nSPS) is 13.8. The minimum atomic E-state index is -0.792. The molecule has 308 valence electrons. The molecule has 0 heterocycles. The zero-order valence-corrected chi connectivity index (χ0v) is 34.9. The fraction of sp³-hybridized carbons (Fsp3) is 0.787. The Morgan fingerprint density at radius 1 is 0.547 bits per heavy atom. The Hall–Kier alpha value is -2.18. The Kier molecular flexibility index (Phi) is 39.3. The van der Waals surface area contributed by atoms with E-state index in [2.05, 4.69) is 74.7 Å². The van der Waals surface area contributed by atoms with E-state index in [1.165, 1.54) is 96.3 Å². The van der Waals surface area contributed by atoms with Gasteiger partial charge in [-0.05, 0) is 64.2 Å². The van der Waals surface area contributed by atoms with Gasteiger partial charge in [0.05, 0.1) is 25.2 Å². The predicted octanol–water partition coefficient (Wildman–Crippen LogP) is 12.7. The van der Waals surface area contributed by atoms with Gasteiger partial charge in [-0.25, -0.2) is 0 Å². The maximum absolute atomic E-state index is 13.0. The van der Waals surface area contributed by atoms with Crippen molar-refractivity contribution in [3.05, 3.63) is 48.6 Å². The summed E-state index contributed by atoms with van der Waals surface area (Å²) in [5, 5.41) is 23.5. The van der Waals surface area contributed by atoms with E-state index in [0.29, 0.717) is 25.7 Å². The molecule has 0 saturated carbocycles. The number of hydrogen-bond donors (Lipinski definition) is 3. The van der Waals surface area contributed by atoms with Gasteiger partial charge in [0.1, 0.15) is 6.10 Å². The molecule has 0 bridgehead atoms. The van der Waals surface area contributed by atoms with E-state index in [4.69, 9.17) is 4.74 Å². The van der Waals surface area contributed by atoms with E-state index in [-0.39, 0.29) is 24.9 Å². The molecule has 0 aromatic heterocycles. The predicted molar refractivity (Wildman–Crippen MR) is 227 cm³/mol. The standard InChI is InChI=1S/C47H85NO5/c1-4-7-10-13-16-19-20-21-22-23-24-25-26-28-31-34-37-40-47(52)53-43(38-35-32-29-18-15-12-9-6-3)41-46(51)48-44(42-49)45(50)39-36-33-30-27-17-14-11-8-5-2/h16,19,21-22,24-25,28,31,43-45,49-50H,4-15,17-18,20,23,26-27,29-30,32-42H2,1-3H3,(H,48,51)/b19-16-,22-21-,25-24-,31-28-. The SMILES string of the molecule is CCCCC/C=C\C/C=C\C/C=C\C/C=C\CCCC(=O)OC(CCCCCCCCCC)CC(=O)NC(CO)C(O)CCCCCCCCCCC. The van der Waals surface area contributed by atoms with Crippen molar-refractivity contribution in [2.24, 2.45) is 0 Å². The number of amides is 1. The number of aliphatic hydroxyl groups is 2. The number of esters is 1. The summed E-state index contributed by atoms with van der Waals surface area (Å²) >= 11 is 0. The Balaban J connectivity index is 4.58. The first-order valence-electron chi connectivity index (χ1n) is 22.4. The summed E-state index contributed by atoms with van der Waals surface area (Å²) in [6.07, 6.45) is 47.5.